The highest BCUT2D eigenvalue weighted by molar-refractivity contribution is 7.19. The Hall–Kier alpha value is -2.67. The first-order chi connectivity index (χ1) is 17.1. The molecule has 1 aliphatic carbocycles. The van der Waals surface area contributed by atoms with Crippen LogP contribution in [0.4, 0.5) is 5.82 Å². The van der Waals surface area contributed by atoms with Gasteiger partial charge >= 0.3 is 0 Å². The predicted molar refractivity (Wildman–Crippen MR) is 143 cm³/mol. The largest absolute Gasteiger partial charge is 0.497 e. The van der Waals surface area contributed by atoms with Gasteiger partial charge in [-0.15, -0.1) is 11.3 Å². The summed E-state index contributed by atoms with van der Waals surface area (Å²) in [6, 6.07) is 7.78. The number of methoxy groups -OCH3 is 1. The van der Waals surface area contributed by atoms with Gasteiger partial charge in [0.1, 0.15) is 22.2 Å². The smallest absolute Gasteiger partial charge is 0.227 e. The first kappa shape index (κ1) is 24.0. The summed E-state index contributed by atoms with van der Waals surface area (Å²) in [5, 5.41) is 1.29. The molecule has 6 nitrogen and oxygen atoms in total. The molecule has 1 aliphatic heterocycles. The third kappa shape index (κ3) is 5.01. The number of aromatic nitrogens is 2. The van der Waals surface area contributed by atoms with Gasteiger partial charge < -0.3 is 14.5 Å². The summed E-state index contributed by atoms with van der Waals surface area (Å²) < 4.78 is 5.23. The van der Waals surface area contributed by atoms with Crippen molar-refractivity contribution < 1.29 is 9.53 Å². The van der Waals surface area contributed by atoms with Gasteiger partial charge in [-0.3, -0.25) is 4.79 Å². The highest BCUT2D eigenvalue weighted by atomic mass is 32.1. The molecule has 1 saturated heterocycles. The Labute approximate surface area is 212 Å². The number of carbonyl (C=O) groups excluding carboxylic acids is 1. The van der Waals surface area contributed by atoms with Crippen molar-refractivity contribution in [1.29, 1.82) is 0 Å². The van der Waals surface area contributed by atoms with Crippen LogP contribution >= 0.6 is 11.3 Å². The predicted octanol–water partition coefficient (Wildman–Crippen LogP) is 5.37. The van der Waals surface area contributed by atoms with Crippen molar-refractivity contribution in [3.05, 3.63) is 46.1 Å². The number of fused-ring (bicyclic) bond motifs is 3. The van der Waals surface area contributed by atoms with Crippen molar-refractivity contribution >= 4 is 33.3 Å². The molecule has 3 aromatic rings. The molecule has 35 heavy (non-hydrogen) atoms. The van der Waals surface area contributed by atoms with Crippen LogP contribution in [-0.2, 0) is 24.1 Å². The summed E-state index contributed by atoms with van der Waals surface area (Å²) in [7, 11) is 1.66. The molecular weight excluding hydrogens is 456 g/mol. The van der Waals surface area contributed by atoms with Crippen LogP contribution in [0, 0.1) is 0 Å². The van der Waals surface area contributed by atoms with Gasteiger partial charge in [-0.05, 0) is 55.4 Å². The summed E-state index contributed by atoms with van der Waals surface area (Å²) >= 11 is 1.89. The molecule has 7 heteroatoms. The van der Waals surface area contributed by atoms with Gasteiger partial charge in [-0.2, -0.15) is 0 Å². The second-order valence-electron chi connectivity index (χ2n) is 9.85. The van der Waals surface area contributed by atoms with Crippen molar-refractivity contribution in [2.75, 3.05) is 38.2 Å². The highest BCUT2D eigenvalue weighted by Gasteiger charge is 2.27. The summed E-state index contributed by atoms with van der Waals surface area (Å²) in [6.45, 7) is 7.50. The number of benzene rings is 1. The number of ether oxygens (including phenoxy) is 1. The molecular formula is C28H36N4O2S. The Morgan fingerprint density at radius 2 is 1.80 bits per heavy atom. The van der Waals surface area contributed by atoms with E-state index in [4.69, 9.17) is 14.7 Å². The summed E-state index contributed by atoms with van der Waals surface area (Å²) in [5.74, 6) is 3.41. The van der Waals surface area contributed by atoms with Crippen LogP contribution in [0.15, 0.2) is 24.3 Å². The number of amides is 1. The van der Waals surface area contributed by atoms with Gasteiger partial charge in [-0.1, -0.05) is 32.4 Å². The van der Waals surface area contributed by atoms with E-state index in [0.29, 0.717) is 12.3 Å². The second kappa shape index (κ2) is 10.5. The SMILES string of the molecule is CC[C@@H](C)c1nc(N2CCN(C(=O)Cc3ccc(OC)cc3)CC2)c2c3c(sc2n1)CCCCC3. The maximum Gasteiger partial charge on any atom is 0.227 e. The van der Waals surface area contributed by atoms with Crippen LogP contribution in [0.3, 0.4) is 0 Å². The van der Waals surface area contributed by atoms with Crippen LogP contribution in [-0.4, -0.2) is 54.1 Å². The molecule has 1 aromatic carbocycles. The van der Waals surface area contributed by atoms with Crippen molar-refractivity contribution in [3.63, 3.8) is 0 Å². The van der Waals surface area contributed by atoms with Gasteiger partial charge in [0.2, 0.25) is 5.91 Å². The lowest BCUT2D eigenvalue weighted by molar-refractivity contribution is -0.130. The summed E-state index contributed by atoms with van der Waals surface area (Å²) in [5.41, 5.74) is 2.51. The van der Waals surface area contributed by atoms with Gasteiger partial charge in [-0.25, -0.2) is 9.97 Å². The van der Waals surface area contributed by atoms with Crippen molar-refractivity contribution in [2.45, 2.75) is 64.7 Å². The molecule has 0 radical (unpaired) electrons. The molecule has 1 amide bonds. The lowest BCUT2D eigenvalue weighted by Gasteiger charge is -2.36. The normalized spacial score (nSPS) is 17.2. The van der Waals surface area contributed by atoms with E-state index in [1.165, 1.54) is 41.5 Å². The first-order valence-electron chi connectivity index (χ1n) is 13.0. The van der Waals surface area contributed by atoms with E-state index in [2.05, 4.69) is 18.7 Å². The van der Waals surface area contributed by atoms with E-state index in [9.17, 15) is 4.79 Å². The maximum absolute atomic E-state index is 13.0. The molecule has 0 bridgehead atoms. The molecule has 1 atom stereocenters. The number of piperazine rings is 1. The van der Waals surface area contributed by atoms with Gasteiger partial charge in [0, 0.05) is 37.0 Å². The molecule has 186 valence electrons. The Kier molecular flexibility index (Phi) is 7.23. The molecule has 3 heterocycles. The van der Waals surface area contributed by atoms with Crippen molar-refractivity contribution in [2.24, 2.45) is 0 Å². The third-order valence-corrected chi connectivity index (χ3v) is 8.75. The number of rotatable bonds is 6. The maximum atomic E-state index is 13.0. The van der Waals surface area contributed by atoms with E-state index < -0.39 is 0 Å². The second-order valence-corrected chi connectivity index (χ2v) is 10.9. The standard InChI is InChI=1S/C28H36N4O2S/c1-4-19(2)26-29-27(25-22-8-6-5-7-9-23(22)35-28(25)30-26)32-16-14-31(15-17-32)24(33)18-20-10-12-21(34-3)13-11-20/h10-13,19H,4-9,14-18H2,1-3H3/t19-/m1/s1. The number of thiophene rings is 1. The molecule has 5 rings (SSSR count). The van der Waals surface area contributed by atoms with E-state index in [-0.39, 0.29) is 5.91 Å². The fourth-order valence-electron chi connectivity index (χ4n) is 5.16. The zero-order valence-corrected chi connectivity index (χ0v) is 22.0. The molecule has 0 N–H and O–H groups in total. The van der Waals surface area contributed by atoms with Crippen LogP contribution in [0.2, 0.25) is 0 Å². The van der Waals surface area contributed by atoms with E-state index in [1.807, 2.05) is 40.5 Å². The molecule has 1 fully saturated rings. The molecule has 0 spiro atoms. The van der Waals surface area contributed by atoms with E-state index >= 15 is 0 Å². The Morgan fingerprint density at radius 3 is 2.51 bits per heavy atom. The number of anilines is 1. The van der Waals surface area contributed by atoms with Gasteiger partial charge in [0.25, 0.3) is 0 Å². The topological polar surface area (TPSA) is 58.6 Å². The van der Waals surface area contributed by atoms with E-state index in [0.717, 1.165) is 66.8 Å². The van der Waals surface area contributed by atoms with E-state index in [1.54, 1.807) is 7.11 Å². The lowest BCUT2D eigenvalue weighted by Crippen LogP contribution is -2.49. The van der Waals surface area contributed by atoms with Gasteiger partial charge in [0.05, 0.1) is 18.9 Å². The fourth-order valence-corrected chi connectivity index (χ4v) is 6.42. The minimum Gasteiger partial charge on any atom is -0.497 e. The zero-order valence-electron chi connectivity index (χ0n) is 21.2. The minimum absolute atomic E-state index is 0.187. The quantitative estimate of drug-likeness (QED) is 0.433. The number of carbonyl (C=O) groups is 1. The number of hydrogen-bond donors (Lipinski definition) is 0. The average molecular weight is 493 g/mol. The first-order valence-corrected chi connectivity index (χ1v) is 13.9. The Balaban J connectivity index is 1.36. The summed E-state index contributed by atoms with van der Waals surface area (Å²) in [6.07, 6.45) is 7.59. The number of hydrogen-bond acceptors (Lipinski definition) is 6. The molecule has 0 saturated carbocycles. The zero-order chi connectivity index (χ0) is 24.4. The Bertz CT molecular complexity index is 1180. The van der Waals surface area contributed by atoms with Crippen molar-refractivity contribution in [3.8, 4) is 5.75 Å². The van der Waals surface area contributed by atoms with Crippen LogP contribution in [0.5, 0.6) is 5.75 Å². The number of aryl methyl sites for hydroxylation is 2. The minimum atomic E-state index is 0.187. The summed E-state index contributed by atoms with van der Waals surface area (Å²) in [4.78, 5) is 30.3. The lowest BCUT2D eigenvalue weighted by atomic mass is 10.1. The molecule has 0 unspecified atom stereocenters. The van der Waals surface area contributed by atoms with Crippen LogP contribution < -0.4 is 9.64 Å². The third-order valence-electron chi connectivity index (χ3n) is 7.56. The van der Waals surface area contributed by atoms with Crippen LogP contribution in [0.1, 0.15) is 67.3 Å². The van der Waals surface area contributed by atoms with Crippen LogP contribution in [0.25, 0.3) is 10.2 Å². The molecule has 2 aromatic heterocycles. The monoisotopic (exact) mass is 492 g/mol. The van der Waals surface area contributed by atoms with Crippen molar-refractivity contribution in [1.82, 2.24) is 14.9 Å². The fraction of sp³-hybridized carbons (Fsp3) is 0.536. The van der Waals surface area contributed by atoms with Gasteiger partial charge in [0.15, 0.2) is 0 Å². The average Bonchev–Trinajstić information content (AvgIpc) is 3.08. The highest BCUT2D eigenvalue weighted by Crippen LogP contribution is 2.40. The molecule has 2 aliphatic rings. The Morgan fingerprint density at radius 1 is 1.06 bits per heavy atom. The number of nitrogens with zero attached hydrogens (tertiary/aromatic N) is 4.